The lowest BCUT2D eigenvalue weighted by atomic mass is 9.88. The zero-order valence-corrected chi connectivity index (χ0v) is 26.0. The first kappa shape index (κ1) is 28.4. The van der Waals surface area contributed by atoms with Crippen LogP contribution >= 0.6 is 27.5 Å². The molecule has 0 unspecified atom stereocenters. The molecule has 0 radical (unpaired) electrons. The van der Waals surface area contributed by atoms with Crippen molar-refractivity contribution < 1.29 is 4.74 Å². The van der Waals surface area contributed by atoms with E-state index in [-0.39, 0.29) is 11.5 Å². The van der Waals surface area contributed by atoms with Crippen LogP contribution in [0.2, 0.25) is 5.02 Å². The van der Waals surface area contributed by atoms with Crippen LogP contribution < -0.4 is 10.3 Å². The minimum absolute atomic E-state index is 0.138. The lowest BCUT2D eigenvalue weighted by Crippen LogP contribution is -2.25. The molecule has 214 valence electrons. The Balaban J connectivity index is 1.29. The molecule has 0 bridgehead atoms. The zero-order valence-electron chi connectivity index (χ0n) is 23.7. The summed E-state index contributed by atoms with van der Waals surface area (Å²) in [4.78, 5) is 18.7. The van der Waals surface area contributed by atoms with Crippen LogP contribution in [0.4, 0.5) is 0 Å². The van der Waals surface area contributed by atoms with Gasteiger partial charge in [0.1, 0.15) is 18.2 Å². The predicted octanol–water partition coefficient (Wildman–Crippen LogP) is 8.73. The van der Waals surface area contributed by atoms with Gasteiger partial charge in [-0.05, 0) is 92.9 Å². The lowest BCUT2D eigenvalue weighted by molar-refractivity contribution is 0.306. The molecule has 5 aromatic rings. The molecule has 1 fully saturated rings. The molecule has 0 saturated heterocycles. The minimum Gasteiger partial charge on any atom is -0.489 e. The highest BCUT2D eigenvalue weighted by Crippen LogP contribution is 2.32. The smallest absolute Gasteiger partial charge is 0.282 e. The van der Waals surface area contributed by atoms with E-state index >= 15 is 0 Å². The Morgan fingerprint density at radius 3 is 2.48 bits per heavy atom. The Kier molecular flexibility index (Phi) is 8.31. The van der Waals surface area contributed by atoms with Crippen LogP contribution in [-0.4, -0.2) is 20.4 Å². The molecule has 0 N–H and O–H groups in total. The molecule has 0 amide bonds. The second-order valence-electron chi connectivity index (χ2n) is 10.9. The molecular weight excluding hydrogens is 612 g/mol. The van der Waals surface area contributed by atoms with E-state index in [1.165, 1.54) is 11.1 Å². The maximum absolute atomic E-state index is 13.7. The van der Waals surface area contributed by atoms with Crippen molar-refractivity contribution in [2.24, 2.45) is 5.10 Å². The summed E-state index contributed by atoms with van der Waals surface area (Å²) in [6.07, 6.45) is 7.37. The molecule has 1 aliphatic rings. The Bertz CT molecular complexity index is 1820. The molecule has 3 aromatic carbocycles. The standard InChI is InChI=1S/C34H32BrClN4O2/c1-22-18-26(23(2)39(22)29-13-15-30(16-14-29)42-21-24-8-11-28(36)12-9-24)20-37-40-33(25-6-4-3-5-7-25)38-32-17-10-27(35)19-31(32)34(40)41/h8-20,25H,3-7,21H2,1-2H3. The van der Waals surface area contributed by atoms with Crippen LogP contribution in [-0.2, 0) is 6.61 Å². The van der Waals surface area contributed by atoms with E-state index in [0.29, 0.717) is 22.5 Å². The summed E-state index contributed by atoms with van der Waals surface area (Å²) in [5.41, 5.74) is 5.73. The van der Waals surface area contributed by atoms with Crippen LogP contribution in [0.1, 0.15) is 66.4 Å². The van der Waals surface area contributed by atoms with Gasteiger partial charge in [-0.2, -0.15) is 9.78 Å². The summed E-state index contributed by atoms with van der Waals surface area (Å²) in [5, 5.41) is 6.04. The first-order valence-electron chi connectivity index (χ1n) is 14.3. The maximum Gasteiger partial charge on any atom is 0.282 e. The first-order valence-corrected chi connectivity index (χ1v) is 15.5. The fraction of sp³-hybridized carbons (Fsp3) is 0.265. The van der Waals surface area contributed by atoms with Gasteiger partial charge in [-0.25, -0.2) is 4.98 Å². The van der Waals surface area contributed by atoms with Gasteiger partial charge in [0, 0.05) is 38.1 Å². The van der Waals surface area contributed by atoms with Crippen LogP contribution in [0, 0.1) is 13.8 Å². The summed E-state index contributed by atoms with van der Waals surface area (Å²) in [7, 11) is 0. The molecule has 8 heteroatoms. The van der Waals surface area contributed by atoms with E-state index in [1.54, 1.807) is 6.21 Å². The number of rotatable bonds is 7. The van der Waals surface area contributed by atoms with Crippen molar-refractivity contribution in [3.05, 3.63) is 121 Å². The Morgan fingerprint density at radius 1 is 1.00 bits per heavy atom. The van der Waals surface area contributed by atoms with Gasteiger partial charge >= 0.3 is 0 Å². The Hall–Kier alpha value is -3.68. The molecular formula is C34H32BrClN4O2. The Morgan fingerprint density at radius 2 is 1.74 bits per heavy atom. The summed E-state index contributed by atoms with van der Waals surface area (Å²) < 4.78 is 10.5. The van der Waals surface area contributed by atoms with Crippen molar-refractivity contribution in [2.45, 2.75) is 58.5 Å². The van der Waals surface area contributed by atoms with E-state index < -0.39 is 0 Å². The van der Waals surface area contributed by atoms with Crippen molar-refractivity contribution in [3.63, 3.8) is 0 Å². The average Bonchev–Trinajstić information content (AvgIpc) is 3.29. The molecule has 42 heavy (non-hydrogen) atoms. The monoisotopic (exact) mass is 642 g/mol. The Labute approximate surface area is 258 Å². The fourth-order valence-electron chi connectivity index (χ4n) is 5.78. The molecule has 0 atom stereocenters. The van der Waals surface area contributed by atoms with Gasteiger partial charge in [0.2, 0.25) is 0 Å². The largest absolute Gasteiger partial charge is 0.489 e. The first-order chi connectivity index (χ1) is 20.4. The summed E-state index contributed by atoms with van der Waals surface area (Å²) >= 11 is 9.49. The van der Waals surface area contributed by atoms with Crippen molar-refractivity contribution in [1.82, 2.24) is 14.2 Å². The van der Waals surface area contributed by atoms with Crippen molar-refractivity contribution in [1.29, 1.82) is 0 Å². The van der Waals surface area contributed by atoms with Gasteiger partial charge in [0.15, 0.2) is 0 Å². The van der Waals surface area contributed by atoms with E-state index in [4.69, 9.17) is 26.4 Å². The molecule has 1 aliphatic carbocycles. The van der Waals surface area contributed by atoms with Gasteiger partial charge in [-0.1, -0.05) is 58.9 Å². The lowest BCUT2D eigenvalue weighted by Gasteiger charge is -2.22. The number of nitrogens with zero attached hydrogens (tertiary/aromatic N) is 4. The molecule has 0 aliphatic heterocycles. The quantitative estimate of drug-likeness (QED) is 0.167. The summed E-state index contributed by atoms with van der Waals surface area (Å²) in [6.45, 7) is 4.62. The normalized spacial score (nSPS) is 14.2. The van der Waals surface area contributed by atoms with Crippen LogP contribution in [0.5, 0.6) is 5.75 Å². The predicted molar refractivity (Wildman–Crippen MR) is 174 cm³/mol. The van der Waals surface area contributed by atoms with Gasteiger partial charge in [0.05, 0.1) is 17.1 Å². The highest BCUT2D eigenvalue weighted by Gasteiger charge is 2.22. The number of hydrogen-bond acceptors (Lipinski definition) is 4. The van der Waals surface area contributed by atoms with E-state index in [9.17, 15) is 4.79 Å². The third-order valence-corrected chi connectivity index (χ3v) is 8.75. The molecule has 6 nitrogen and oxygen atoms in total. The topological polar surface area (TPSA) is 61.4 Å². The van der Waals surface area contributed by atoms with Gasteiger partial charge in [0.25, 0.3) is 5.56 Å². The van der Waals surface area contributed by atoms with Crippen LogP contribution in [0.15, 0.2) is 87.2 Å². The second-order valence-corrected chi connectivity index (χ2v) is 12.3. The van der Waals surface area contributed by atoms with Gasteiger partial charge in [-0.15, -0.1) is 0 Å². The fourth-order valence-corrected chi connectivity index (χ4v) is 6.26. The van der Waals surface area contributed by atoms with Crippen LogP contribution in [0.25, 0.3) is 16.6 Å². The number of halogens is 2. The van der Waals surface area contributed by atoms with Crippen molar-refractivity contribution >= 4 is 44.6 Å². The highest BCUT2D eigenvalue weighted by molar-refractivity contribution is 9.10. The molecule has 1 saturated carbocycles. The van der Waals surface area contributed by atoms with Gasteiger partial charge in [-0.3, -0.25) is 4.79 Å². The number of fused-ring (bicyclic) bond motifs is 1. The summed E-state index contributed by atoms with van der Waals surface area (Å²) in [6, 6.07) is 23.5. The number of benzene rings is 3. The SMILES string of the molecule is Cc1cc(C=Nn2c(C3CCCCC3)nc3ccc(Br)cc3c2=O)c(C)n1-c1ccc(OCc2ccc(Cl)cc2)cc1. The number of hydrogen-bond donors (Lipinski definition) is 0. The average molecular weight is 644 g/mol. The maximum atomic E-state index is 13.7. The van der Waals surface area contributed by atoms with E-state index in [0.717, 1.165) is 69.9 Å². The number of aryl methyl sites for hydroxylation is 1. The molecule has 6 rings (SSSR count). The number of ether oxygens (including phenoxy) is 1. The highest BCUT2D eigenvalue weighted by atomic mass is 79.9. The van der Waals surface area contributed by atoms with E-state index in [1.807, 2.05) is 54.6 Å². The molecule has 2 heterocycles. The number of aromatic nitrogens is 3. The molecule has 2 aromatic heterocycles. The van der Waals surface area contributed by atoms with Crippen molar-refractivity contribution in [2.75, 3.05) is 0 Å². The minimum atomic E-state index is -0.138. The van der Waals surface area contributed by atoms with Crippen LogP contribution in [0.3, 0.4) is 0 Å². The zero-order chi connectivity index (χ0) is 29.2. The summed E-state index contributed by atoms with van der Waals surface area (Å²) in [5.74, 6) is 1.78. The molecule has 0 spiro atoms. The van der Waals surface area contributed by atoms with Crippen molar-refractivity contribution in [3.8, 4) is 11.4 Å². The third kappa shape index (κ3) is 5.94. The van der Waals surface area contributed by atoms with Gasteiger partial charge < -0.3 is 9.30 Å². The third-order valence-electron chi connectivity index (χ3n) is 8.00. The van der Waals surface area contributed by atoms with E-state index in [2.05, 4.69) is 52.5 Å². The second kappa shape index (κ2) is 12.3.